The van der Waals surface area contributed by atoms with E-state index in [1.165, 1.54) is 4.88 Å². The van der Waals surface area contributed by atoms with Gasteiger partial charge in [-0.2, -0.15) is 0 Å². The number of hydrogen-bond acceptors (Lipinski definition) is 4. The minimum absolute atomic E-state index is 0. The number of oxazole rings is 1. The highest BCUT2D eigenvalue weighted by Gasteiger charge is 2.09. The van der Waals surface area contributed by atoms with Crippen LogP contribution in [0.2, 0.25) is 0 Å². The lowest BCUT2D eigenvalue weighted by Crippen LogP contribution is -2.39. The molecular weight excluding hydrogens is 459 g/mol. The molecule has 2 aromatic heterocycles. The molecule has 5 nitrogen and oxygen atoms in total. The van der Waals surface area contributed by atoms with Crippen molar-refractivity contribution in [2.75, 3.05) is 20.6 Å². The van der Waals surface area contributed by atoms with E-state index in [1.807, 2.05) is 37.4 Å². The lowest BCUT2D eigenvalue weighted by atomic mass is 10.2. The van der Waals surface area contributed by atoms with Crippen LogP contribution in [-0.2, 0) is 13.0 Å². The van der Waals surface area contributed by atoms with E-state index in [9.17, 15) is 0 Å². The molecular formula is C19H23IN4OS. The molecule has 0 aliphatic heterocycles. The van der Waals surface area contributed by atoms with Gasteiger partial charge in [0, 0.05) is 31.1 Å². The van der Waals surface area contributed by atoms with Gasteiger partial charge < -0.3 is 14.6 Å². The summed E-state index contributed by atoms with van der Waals surface area (Å²) in [4.78, 5) is 12.4. The molecule has 0 spiro atoms. The van der Waals surface area contributed by atoms with E-state index in [2.05, 4.69) is 37.7 Å². The maximum absolute atomic E-state index is 5.57. The molecule has 0 aliphatic carbocycles. The predicted molar refractivity (Wildman–Crippen MR) is 118 cm³/mol. The fraction of sp³-hybridized carbons (Fsp3) is 0.263. The van der Waals surface area contributed by atoms with Gasteiger partial charge in [-0.3, -0.25) is 4.99 Å². The number of likely N-dealkylation sites (N-methyl/N-ethyl adjacent to an activating group) is 1. The first kappa shape index (κ1) is 20.4. The van der Waals surface area contributed by atoms with Crippen molar-refractivity contribution in [3.8, 4) is 11.5 Å². The summed E-state index contributed by atoms with van der Waals surface area (Å²) in [5.74, 6) is 1.49. The molecule has 3 aromatic rings. The Hall–Kier alpha value is -1.87. The van der Waals surface area contributed by atoms with Crippen LogP contribution < -0.4 is 5.32 Å². The van der Waals surface area contributed by atoms with Crippen molar-refractivity contribution in [3.05, 3.63) is 64.7 Å². The Morgan fingerprint density at radius 2 is 2.04 bits per heavy atom. The van der Waals surface area contributed by atoms with Gasteiger partial charge in [0.05, 0.1) is 12.2 Å². The number of thiophene rings is 1. The largest absolute Gasteiger partial charge is 0.444 e. The minimum Gasteiger partial charge on any atom is -0.444 e. The molecule has 2 heterocycles. The van der Waals surface area contributed by atoms with E-state index in [4.69, 9.17) is 4.42 Å². The van der Waals surface area contributed by atoms with Gasteiger partial charge in [-0.25, -0.2) is 4.98 Å². The first-order chi connectivity index (χ1) is 12.3. The molecule has 0 saturated heterocycles. The Kier molecular flexibility index (Phi) is 8.11. The highest BCUT2D eigenvalue weighted by molar-refractivity contribution is 14.0. The van der Waals surface area contributed by atoms with Crippen molar-refractivity contribution in [3.63, 3.8) is 0 Å². The normalized spacial score (nSPS) is 11.1. The first-order valence-corrected chi connectivity index (χ1v) is 9.08. The molecule has 7 heteroatoms. The van der Waals surface area contributed by atoms with E-state index in [-0.39, 0.29) is 24.0 Å². The number of benzene rings is 1. The summed E-state index contributed by atoms with van der Waals surface area (Å²) >= 11 is 1.79. The third-order valence-corrected chi connectivity index (χ3v) is 4.78. The molecule has 0 amide bonds. The number of nitrogens with zero attached hydrogens (tertiary/aromatic N) is 3. The molecule has 0 saturated carbocycles. The van der Waals surface area contributed by atoms with Gasteiger partial charge in [0.1, 0.15) is 6.26 Å². The minimum atomic E-state index is 0. The highest BCUT2D eigenvalue weighted by Crippen LogP contribution is 2.17. The Morgan fingerprint density at radius 3 is 2.73 bits per heavy atom. The second-order valence-corrected chi connectivity index (χ2v) is 6.69. The number of nitrogens with one attached hydrogen (secondary N) is 1. The van der Waals surface area contributed by atoms with E-state index < -0.39 is 0 Å². The summed E-state index contributed by atoms with van der Waals surface area (Å²) < 4.78 is 5.57. The van der Waals surface area contributed by atoms with Crippen LogP contribution in [0.4, 0.5) is 0 Å². The van der Waals surface area contributed by atoms with Crippen LogP contribution in [0, 0.1) is 0 Å². The molecule has 0 fully saturated rings. The highest BCUT2D eigenvalue weighted by atomic mass is 127. The van der Waals surface area contributed by atoms with Crippen LogP contribution in [0.5, 0.6) is 0 Å². The maximum Gasteiger partial charge on any atom is 0.226 e. The topological polar surface area (TPSA) is 53.7 Å². The molecule has 0 bridgehead atoms. The third-order valence-electron chi connectivity index (χ3n) is 3.85. The van der Waals surface area contributed by atoms with E-state index >= 15 is 0 Å². The summed E-state index contributed by atoms with van der Waals surface area (Å²) in [5.41, 5.74) is 1.83. The zero-order valence-electron chi connectivity index (χ0n) is 14.9. The Morgan fingerprint density at radius 1 is 1.23 bits per heavy atom. The SMILES string of the molecule is CN=C(NCc1coc(-c2ccccc2)n1)N(C)CCc1cccs1.I. The molecule has 0 atom stereocenters. The summed E-state index contributed by atoms with van der Waals surface area (Å²) in [6, 6.07) is 14.1. The summed E-state index contributed by atoms with van der Waals surface area (Å²) in [6.07, 6.45) is 2.70. The van der Waals surface area contributed by atoms with Gasteiger partial charge in [0.15, 0.2) is 5.96 Å². The smallest absolute Gasteiger partial charge is 0.226 e. The number of halogens is 1. The van der Waals surface area contributed by atoms with Gasteiger partial charge in [0.2, 0.25) is 5.89 Å². The lowest BCUT2D eigenvalue weighted by Gasteiger charge is -2.21. The van der Waals surface area contributed by atoms with Crippen molar-refractivity contribution in [1.82, 2.24) is 15.2 Å². The van der Waals surface area contributed by atoms with Crippen LogP contribution in [-0.4, -0.2) is 36.5 Å². The van der Waals surface area contributed by atoms with Gasteiger partial charge in [-0.15, -0.1) is 35.3 Å². The number of rotatable bonds is 6. The first-order valence-electron chi connectivity index (χ1n) is 8.20. The Bertz CT molecular complexity index is 802. The molecule has 0 unspecified atom stereocenters. The zero-order chi connectivity index (χ0) is 17.5. The van der Waals surface area contributed by atoms with E-state index in [1.54, 1.807) is 24.6 Å². The van der Waals surface area contributed by atoms with Crippen molar-refractivity contribution in [1.29, 1.82) is 0 Å². The number of guanidine groups is 1. The van der Waals surface area contributed by atoms with Crippen molar-refractivity contribution in [2.45, 2.75) is 13.0 Å². The Labute approximate surface area is 175 Å². The second kappa shape index (κ2) is 10.3. The summed E-state index contributed by atoms with van der Waals surface area (Å²) in [6.45, 7) is 1.49. The van der Waals surface area contributed by atoms with E-state index in [0.29, 0.717) is 12.4 Å². The third kappa shape index (κ3) is 5.57. The van der Waals surface area contributed by atoms with E-state index in [0.717, 1.165) is 30.2 Å². The van der Waals surface area contributed by atoms with Gasteiger partial charge >= 0.3 is 0 Å². The molecule has 1 aromatic carbocycles. The number of aliphatic imine (C=N–C) groups is 1. The van der Waals surface area contributed by atoms with Gasteiger partial charge in [-0.05, 0) is 30.0 Å². The number of aromatic nitrogens is 1. The second-order valence-electron chi connectivity index (χ2n) is 5.66. The monoisotopic (exact) mass is 482 g/mol. The predicted octanol–water partition coefficient (Wildman–Crippen LogP) is 4.27. The fourth-order valence-electron chi connectivity index (χ4n) is 2.49. The molecule has 0 radical (unpaired) electrons. The lowest BCUT2D eigenvalue weighted by molar-refractivity contribution is 0.485. The van der Waals surface area contributed by atoms with Crippen LogP contribution in [0.25, 0.3) is 11.5 Å². The van der Waals surface area contributed by atoms with Crippen LogP contribution >= 0.6 is 35.3 Å². The van der Waals surface area contributed by atoms with Crippen LogP contribution in [0.15, 0.2) is 63.5 Å². The standard InChI is InChI=1S/C19H22N4OS.HI/c1-20-19(23(2)11-10-17-9-6-12-25-17)21-13-16-14-24-18(22-16)15-7-4-3-5-8-15;/h3-9,12,14H,10-11,13H2,1-2H3,(H,20,21);1H. The molecule has 26 heavy (non-hydrogen) atoms. The van der Waals surface area contributed by atoms with Crippen molar-refractivity contribution in [2.24, 2.45) is 4.99 Å². The van der Waals surface area contributed by atoms with Crippen LogP contribution in [0.1, 0.15) is 10.6 Å². The van der Waals surface area contributed by atoms with Gasteiger partial charge in [0.25, 0.3) is 0 Å². The molecule has 0 aliphatic rings. The van der Waals surface area contributed by atoms with Crippen LogP contribution in [0.3, 0.4) is 0 Å². The van der Waals surface area contributed by atoms with Crippen molar-refractivity contribution >= 4 is 41.3 Å². The molecule has 1 N–H and O–H groups in total. The zero-order valence-corrected chi connectivity index (χ0v) is 18.0. The average molecular weight is 482 g/mol. The molecule has 3 rings (SSSR count). The van der Waals surface area contributed by atoms with Gasteiger partial charge in [-0.1, -0.05) is 24.3 Å². The average Bonchev–Trinajstić information content (AvgIpc) is 3.33. The molecule has 138 valence electrons. The fourth-order valence-corrected chi connectivity index (χ4v) is 3.19. The van der Waals surface area contributed by atoms with Crippen molar-refractivity contribution < 1.29 is 4.42 Å². The number of hydrogen-bond donors (Lipinski definition) is 1. The Balaban J connectivity index is 0.00000243. The summed E-state index contributed by atoms with van der Waals surface area (Å²) in [7, 11) is 3.84. The maximum atomic E-state index is 5.57. The summed E-state index contributed by atoms with van der Waals surface area (Å²) in [5, 5.41) is 5.45. The quantitative estimate of drug-likeness (QED) is 0.324.